The minimum absolute atomic E-state index is 0.482. The molecule has 0 radical (unpaired) electrons. The lowest BCUT2D eigenvalue weighted by atomic mass is 9.87. The molecule has 1 aliphatic heterocycles. The molecule has 1 aromatic rings. The van der Waals surface area contributed by atoms with Gasteiger partial charge in [0.05, 0.1) is 0 Å². The maximum absolute atomic E-state index is 5.96. The molecule has 1 aliphatic rings. The summed E-state index contributed by atoms with van der Waals surface area (Å²) in [6.07, 6.45) is 6.15. The molecule has 4 heteroatoms. The Labute approximate surface area is 115 Å². The molecule has 2 rings (SSSR count). The van der Waals surface area contributed by atoms with E-state index >= 15 is 0 Å². The van der Waals surface area contributed by atoms with Gasteiger partial charge in [-0.15, -0.1) is 0 Å². The van der Waals surface area contributed by atoms with Gasteiger partial charge in [0.15, 0.2) is 0 Å². The molecule has 0 aliphatic carbocycles. The topological polar surface area (TPSA) is 60.2 Å². The second-order valence-electron chi connectivity index (χ2n) is 5.26. The van der Waals surface area contributed by atoms with Crippen LogP contribution in [0.2, 0.25) is 0 Å². The van der Waals surface area contributed by atoms with Crippen LogP contribution in [-0.4, -0.2) is 30.8 Å². The molecular weight excluding hydrogens is 238 g/mol. The summed E-state index contributed by atoms with van der Waals surface area (Å²) < 4.78 is 5.46. The van der Waals surface area contributed by atoms with Crippen LogP contribution in [0.5, 0.6) is 0 Å². The first-order valence-corrected chi connectivity index (χ1v) is 7.31. The summed E-state index contributed by atoms with van der Waals surface area (Å²) in [5.41, 5.74) is 7.12. The Morgan fingerprint density at radius 1 is 1.47 bits per heavy atom. The first-order valence-electron chi connectivity index (χ1n) is 7.31. The van der Waals surface area contributed by atoms with E-state index in [1.807, 2.05) is 6.07 Å². The van der Waals surface area contributed by atoms with E-state index in [1.54, 1.807) is 6.20 Å². The minimum atomic E-state index is 0.482. The smallest absolute Gasteiger partial charge is 0.126 e. The fourth-order valence-corrected chi connectivity index (χ4v) is 2.71. The van der Waals surface area contributed by atoms with E-state index < -0.39 is 0 Å². The van der Waals surface area contributed by atoms with Crippen molar-refractivity contribution in [2.75, 3.05) is 25.5 Å². The molecule has 19 heavy (non-hydrogen) atoms. The van der Waals surface area contributed by atoms with Crippen LogP contribution in [0.25, 0.3) is 0 Å². The van der Waals surface area contributed by atoms with Gasteiger partial charge in [0.25, 0.3) is 0 Å². The van der Waals surface area contributed by atoms with Gasteiger partial charge in [-0.1, -0.05) is 13.0 Å². The molecule has 0 bridgehead atoms. The third-order valence-corrected chi connectivity index (χ3v) is 3.86. The normalized spacial score (nSPS) is 18.4. The summed E-state index contributed by atoms with van der Waals surface area (Å²) in [5.74, 6) is 1.35. The van der Waals surface area contributed by atoms with Crippen molar-refractivity contribution < 1.29 is 4.74 Å². The quantitative estimate of drug-likeness (QED) is 0.824. The largest absolute Gasteiger partial charge is 0.383 e. The number of anilines is 1. The zero-order valence-electron chi connectivity index (χ0n) is 11.8. The predicted molar refractivity (Wildman–Crippen MR) is 78.0 cm³/mol. The third kappa shape index (κ3) is 4.18. The van der Waals surface area contributed by atoms with E-state index in [9.17, 15) is 0 Å². The fraction of sp³-hybridized carbons (Fsp3) is 0.667. The monoisotopic (exact) mass is 263 g/mol. The molecule has 1 saturated heterocycles. The molecule has 1 unspecified atom stereocenters. The number of nitrogens with zero attached hydrogens (tertiary/aromatic N) is 1. The maximum Gasteiger partial charge on any atom is 0.126 e. The molecule has 3 N–H and O–H groups in total. The highest BCUT2D eigenvalue weighted by Gasteiger charge is 2.24. The summed E-state index contributed by atoms with van der Waals surface area (Å²) in [4.78, 5) is 4.18. The SMILES string of the molecule is CCCNC(Cc1cccnc1N)C1CCOCC1. The first kappa shape index (κ1) is 14.3. The molecule has 106 valence electrons. The van der Waals surface area contributed by atoms with Crippen molar-refractivity contribution in [3.8, 4) is 0 Å². The molecule has 0 saturated carbocycles. The van der Waals surface area contributed by atoms with Crippen LogP contribution in [0.3, 0.4) is 0 Å². The number of hydrogen-bond donors (Lipinski definition) is 2. The zero-order valence-corrected chi connectivity index (χ0v) is 11.8. The Morgan fingerprint density at radius 2 is 2.26 bits per heavy atom. The van der Waals surface area contributed by atoms with Gasteiger partial charge < -0.3 is 15.8 Å². The number of pyridine rings is 1. The lowest BCUT2D eigenvalue weighted by molar-refractivity contribution is 0.0538. The van der Waals surface area contributed by atoms with Crippen molar-refractivity contribution in [1.29, 1.82) is 0 Å². The zero-order chi connectivity index (χ0) is 13.5. The lowest BCUT2D eigenvalue weighted by Gasteiger charge is -2.31. The van der Waals surface area contributed by atoms with Crippen molar-refractivity contribution in [2.45, 2.75) is 38.6 Å². The van der Waals surface area contributed by atoms with Gasteiger partial charge in [-0.25, -0.2) is 4.98 Å². The Bertz CT molecular complexity index is 377. The molecule has 0 spiro atoms. The van der Waals surface area contributed by atoms with Gasteiger partial charge in [0.1, 0.15) is 5.82 Å². The lowest BCUT2D eigenvalue weighted by Crippen LogP contribution is -2.41. The van der Waals surface area contributed by atoms with Gasteiger partial charge in [-0.05, 0) is 49.8 Å². The Kier molecular flexibility index (Phi) is 5.61. The van der Waals surface area contributed by atoms with E-state index in [-0.39, 0.29) is 0 Å². The second-order valence-corrected chi connectivity index (χ2v) is 5.26. The minimum Gasteiger partial charge on any atom is -0.383 e. The maximum atomic E-state index is 5.96. The number of nitrogens with two attached hydrogens (primary N) is 1. The Balaban J connectivity index is 2.02. The molecule has 2 heterocycles. The number of hydrogen-bond acceptors (Lipinski definition) is 4. The van der Waals surface area contributed by atoms with Crippen LogP contribution in [0, 0.1) is 5.92 Å². The molecule has 4 nitrogen and oxygen atoms in total. The highest BCUT2D eigenvalue weighted by atomic mass is 16.5. The molecule has 0 amide bonds. The number of nitrogens with one attached hydrogen (secondary N) is 1. The molecule has 1 atom stereocenters. The van der Waals surface area contributed by atoms with Crippen molar-refractivity contribution >= 4 is 5.82 Å². The first-order chi connectivity index (χ1) is 9.31. The van der Waals surface area contributed by atoms with Crippen molar-refractivity contribution in [1.82, 2.24) is 10.3 Å². The Morgan fingerprint density at radius 3 is 2.95 bits per heavy atom. The van der Waals surface area contributed by atoms with Crippen LogP contribution in [0.15, 0.2) is 18.3 Å². The van der Waals surface area contributed by atoms with Crippen LogP contribution in [0.1, 0.15) is 31.7 Å². The van der Waals surface area contributed by atoms with Gasteiger partial charge in [-0.3, -0.25) is 0 Å². The van der Waals surface area contributed by atoms with Gasteiger partial charge in [0, 0.05) is 25.5 Å². The average molecular weight is 263 g/mol. The molecule has 1 aromatic heterocycles. The summed E-state index contributed by atoms with van der Waals surface area (Å²) in [7, 11) is 0. The highest BCUT2D eigenvalue weighted by Crippen LogP contribution is 2.23. The summed E-state index contributed by atoms with van der Waals surface area (Å²) >= 11 is 0. The van der Waals surface area contributed by atoms with Crippen LogP contribution < -0.4 is 11.1 Å². The summed E-state index contributed by atoms with van der Waals surface area (Å²) in [6.45, 7) is 5.03. The van der Waals surface area contributed by atoms with Gasteiger partial charge in [0.2, 0.25) is 0 Å². The number of ether oxygens (including phenoxy) is 1. The standard InChI is InChI=1S/C15H25N3O/c1-2-7-17-14(12-5-9-19-10-6-12)11-13-4-3-8-18-15(13)16/h3-4,8,12,14,17H,2,5-7,9-11H2,1H3,(H2,16,18). The summed E-state index contributed by atoms with van der Waals surface area (Å²) in [6, 6.07) is 4.53. The predicted octanol–water partition coefficient (Wildman–Crippen LogP) is 2.00. The van der Waals surface area contributed by atoms with Crippen LogP contribution in [0.4, 0.5) is 5.82 Å². The third-order valence-electron chi connectivity index (χ3n) is 3.86. The Hall–Kier alpha value is -1.13. The molecular formula is C15H25N3O. The van der Waals surface area contributed by atoms with E-state index in [4.69, 9.17) is 10.5 Å². The van der Waals surface area contributed by atoms with E-state index in [0.717, 1.165) is 51.0 Å². The van der Waals surface area contributed by atoms with Crippen LogP contribution >= 0.6 is 0 Å². The van der Waals surface area contributed by atoms with Crippen molar-refractivity contribution in [3.05, 3.63) is 23.9 Å². The van der Waals surface area contributed by atoms with Gasteiger partial charge >= 0.3 is 0 Å². The average Bonchev–Trinajstić information content (AvgIpc) is 2.46. The fourth-order valence-electron chi connectivity index (χ4n) is 2.71. The number of nitrogen functional groups attached to an aromatic ring is 1. The molecule has 0 aromatic carbocycles. The van der Waals surface area contributed by atoms with Crippen molar-refractivity contribution in [2.24, 2.45) is 5.92 Å². The van der Waals surface area contributed by atoms with E-state index in [0.29, 0.717) is 17.8 Å². The van der Waals surface area contributed by atoms with E-state index in [1.165, 1.54) is 0 Å². The van der Waals surface area contributed by atoms with Crippen molar-refractivity contribution in [3.63, 3.8) is 0 Å². The number of rotatable bonds is 6. The second kappa shape index (κ2) is 7.46. The molecule has 1 fully saturated rings. The van der Waals surface area contributed by atoms with E-state index in [2.05, 4.69) is 23.3 Å². The highest BCUT2D eigenvalue weighted by molar-refractivity contribution is 5.39. The van der Waals surface area contributed by atoms with Crippen LogP contribution in [-0.2, 0) is 11.2 Å². The number of aromatic nitrogens is 1. The van der Waals surface area contributed by atoms with Gasteiger partial charge in [-0.2, -0.15) is 0 Å². The summed E-state index contributed by atoms with van der Waals surface area (Å²) in [5, 5.41) is 3.68.